The zero-order chi connectivity index (χ0) is 11.2. The molecule has 0 aromatic rings. The summed E-state index contributed by atoms with van der Waals surface area (Å²) in [5.41, 5.74) is 4.54. The Kier molecular flexibility index (Phi) is 5.15. The molecule has 0 heterocycles. The van der Waals surface area contributed by atoms with Crippen LogP contribution in [0.5, 0.6) is 0 Å². The fraction of sp³-hybridized carbons (Fsp3) is 0.778. The number of rotatable bonds is 4. The van der Waals surface area contributed by atoms with Gasteiger partial charge in [0.25, 0.3) is 0 Å². The number of ether oxygens (including phenoxy) is 2. The smallest absolute Gasteiger partial charge is 0.317 e. The topological polar surface area (TPSA) is 78.6 Å². The molecular formula is C9H17NO4. The van der Waals surface area contributed by atoms with Crippen LogP contribution in [0.3, 0.4) is 0 Å². The molecule has 0 bridgehead atoms. The van der Waals surface area contributed by atoms with Crippen molar-refractivity contribution in [2.45, 2.75) is 32.8 Å². The van der Waals surface area contributed by atoms with Crippen LogP contribution in [0.25, 0.3) is 0 Å². The molecule has 0 aromatic carbocycles. The van der Waals surface area contributed by atoms with Crippen LogP contribution in [0.4, 0.5) is 0 Å². The van der Waals surface area contributed by atoms with E-state index in [-0.39, 0.29) is 19.6 Å². The van der Waals surface area contributed by atoms with Crippen LogP contribution in [0.1, 0.15) is 27.2 Å². The lowest BCUT2D eigenvalue weighted by Gasteiger charge is -2.18. The Morgan fingerprint density at radius 3 is 2.21 bits per heavy atom. The second-order valence-corrected chi connectivity index (χ2v) is 3.77. The number of nitrogens with two attached hydrogens (primary N) is 1. The summed E-state index contributed by atoms with van der Waals surface area (Å²) in [5, 5.41) is 0. The number of hydrogen-bond donors (Lipinski definition) is 1. The van der Waals surface area contributed by atoms with E-state index < -0.39 is 17.5 Å². The van der Waals surface area contributed by atoms with E-state index in [1.807, 2.05) is 0 Å². The van der Waals surface area contributed by atoms with Gasteiger partial charge in [0.2, 0.25) is 0 Å². The van der Waals surface area contributed by atoms with Crippen molar-refractivity contribution in [1.82, 2.24) is 0 Å². The first-order valence-corrected chi connectivity index (χ1v) is 4.42. The largest absolute Gasteiger partial charge is 0.464 e. The second kappa shape index (κ2) is 5.59. The van der Waals surface area contributed by atoms with Crippen LogP contribution in [0.2, 0.25) is 0 Å². The van der Waals surface area contributed by atoms with Crippen LogP contribution in [-0.2, 0) is 19.1 Å². The summed E-state index contributed by atoms with van der Waals surface area (Å²) in [6.07, 6.45) is -0.364. The molecule has 0 saturated carbocycles. The van der Waals surface area contributed by atoms with Crippen molar-refractivity contribution in [2.24, 2.45) is 5.73 Å². The van der Waals surface area contributed by atoms with Crippen molar-refractivity contribution < 1.29 is 19.1 Å². The van der Waals surface area contributed by atoms with Crippen LogP contribution in [-0.4, -0.2) is 30.7 Å². The van der Waals surface area contributed by atoms with Crippen molar-refractivity contribution in [1.29, 1.82) is 0 Å². The van der Waals surface area contributed by atoms with Crippen molar-refractivity contribution in [3.8, 4) is 0 Å². The van der Waals surface area contributed by atoms with Crippen LogP contribution >= 0.6 is 0 Å². The zero-order valence-electron chi connectivity index (χ0n) is 8.83. The third kappa shape index (κ3) is 7.54. The van der Waals surface area contributed by atoms with Crippen molar-refractivity contribution in [3.63, 3.8) is 0 Å². The molecule has 0 aliphatic carbocycles. The summed E-state index contributed by atoms with van der Waals surface area (Å²) in [6.45, 7) is 5.57. The number of carbonyl (C=O) groups is 2. The van der Waals surface area contributed by atoms with Crippen molar-refractivity contribution in [3.05, 3.63) is 0 Å². The molecule has 82 valence electrons. The maximum Gasteiger partial charge on any atom is 0.317 e. The van der Waals surface area contributed by atoms with Gasteiger partial charge in [0.15, 0.2) is 0 Å². The van der Waals surface area contributed by atoms with E-state index in [4.69, 9.17) is 10.5 Å². The van der Waals surface area contributed by atoms with E-state index in [2.05, 4.69) is 4.74 Å². The minimum atomic E-state index is -0.607. The molecule has 0 aromatic heterocycles. The molecule has 0 saturated heterocycles. The minimum absolute atomic E-state index is 0.127. The van der Waals surface area contributed by atoms with Crippen molar-refractivity contribution >= 4 is 11.9 Å². The average molecular weight is 203 g/mol. The second-order valence-electron chi connectivity index (χ2n) is 3.77. The van der Waals surface area contributed by atoms with E-state index in [1.54, 1.807) is 20.8 Å². The van der Waals surface area contributed by atoms with Gasteiger partial charge in [-0.2, -0.15) is 0 Å². The Hall–Kier alpha value is -1.10. The summed E-state index contributed by atoms with van der Waals surface area (Å²) < 4.78 is 9.53. The molecule has 5 heteroatoms. The van der Waals surface area contributed by atoms with E-state index in [1.165, 1.54) is 0 Å². The molecule has 0 radical (unpaired) electrons. The molecule has 0 fully saturated rings. The monoisotopic (exact) mass is 203 g/mol. The van der Waals surface area contributed by atoms with E-state index >= 15 is 0 Å². The Bertz CT molecular complexity index is 207. The molecule has 2 N–H and O–H groups in total. The van der Waals surface area contributed by atoms with Gasteiger partial charge in [-0.3, -0.25) is 9.59 Å². The van der Waals surface area contributed by atoms with Crippen LogP contribution in [0, 0.1) is 0 Å². The van der Waals surface area contributed by atoms with Gasteiger partial charge in [-0.1, -0.05) is 0 Å². The molecule has 0 unspecified atom stereocenters. The average Bonchev–Trinajstić information content (AvgIpc) is 1.96. The van der Waals surface area contributed by atoms with Gasteiger partial charge < -0.3 is 15.2 Å². The highest BCUT2D eigenvalue weighted by Crippen LogP contribution is 2.08. The van der Waals surface area contributed by atoms with Gasteiger partial charge in [0.05, 0.1) is 0 Å². The maximum atomic E-state index is 11.1. The molecule has 0 atom stereocenters. The summed E-state index contributed by atoms with van der Waals surface area (Å²) in [6, 6.07) is 0. The van der Waals surface area contributed by atoms with E-state index in [0.717, 1.165) is 0 Å². The highest BCUT2D eigenvalue weighted by Gasteiger charge is 2.19. The fourth-order valence-electron chi connectivity index (χ4n) is 0.719. The number of carbonyl (C=O) groups excluding carboxylic acids is 2. The van der Waals surface area contributed by atoms with E-state index in [9.17, 15) is 9.59 Å². The van der Waals surface area contributed by atoms with Crippen LogP contribution < -0.4 is 5.73 Å². The predicted molar refractivity (Wildman–Crippen MR) is 50.5 cm³/mol. The highest BCUT2D eigenvalue weighted by atomic mass is 16.6. The summed E-state index contributed by atoms with van der Waals surface area (Å²) in [7, 11) is 0. The first-order chi connectivity index (χ1) is 6.35. The van der Waals surface area contributed by atoms with E-state index in [0.29, 0.717) is 0 Å². The standard InChI is InChI=1S/C9H17NO4/c1-9(2,3)14-8(12)6-7(11)13-5-4-10/h4-6,10H2,1-3H3. The lowest BCUT2D eigenvalue weighted by Crippen LogP contribution is -2.26. The SMILES string of the molecule is CC(C)(C)OC(=O)CC(=O)OCCN. The molecule has 0 amide bonds. The Labute approximate surface area is 83.5 Å². The normalized spacial score (nSPS) is 10.9. The molecule has 0 spiro atoms. The van der Waals surface area contributed by atoms with Gasteiger partial charge in [0, 0.05) is 6.54 Å². The minimum Gasteiger partial charge on any atom is -0.464 e. The lowest BCUT2D eigenvalue weighted by molar-refractivity contribution is -0.161. The van der Waals surface area contributed by atoms with Crippen LogP contribution in [0.15, 0.2) is 0 Å². The van der Waals surface area contributed by atoms with Gasteiger partial charge in [0.1, 0.15) is 18.6 Å². The number of esters is 2. The molecular weight excluding hydrogens is 186 g/mol. The molecule has 0 aliphatic heterocycles. The zero-order valence-corrected chi connectivity index (χ0v) is 8.83. The fourth-order valence-corrected chi connectivity index (χ4v) is 0.719. The van der Waals surface area contributed by atoms with Crippen molar-refractivity contribution in [2.75, 3.05) is 13.2 Å². The Balaban J connectivity index is 3.78. The van der Waals surface area contributed by atoms with Gasteiger partial charge in [-0.05, 0) is 20.8 Å². The summed E-state index contributed by atoms with van der Waals surface area (Å²) in [4.78, 5) is 22.0. The Morgan fingerprint density at radius 2 is 1.79 bits per heavy atom. The number of hydrogen-bond acceptors (Lipinski definition) is 5. The molecule has 14 heavy (non-hydrogen) atoms. The van der Waals surface area contributed by atoms with Gasteiger partial charge in [-0.25, -0.2) is 0 Å². The predicted octanol–water partition coefficient (Wildman–Crippen LogP) is 0.220. The maximum absolute atomic E-state index is 11.1. The highest BCUT2D eigenvalue weighted by molar-refractivity contribution is 5.91. The Morgan fingerprint density at radius 1 is 1.21 bits per heavy atom. The lowest BCUT2D eigenvalue weighted by atomic mass is 10.2. The quantitative estimate of drug-likeness (QED) is 0.522. The first-order valence-electron chi connectivity index (χ1n) is 4.42. The summed E-state index contributed by atoms with van der Waals surface area (Å²) in [5.74, 6) is -1.19. The third-order valence-electron chi connectivity index (χ3n) is 1.09. The first kappa shape index (κ1) is 12.9. The summed E-state index contributed by atoms with van der Waals surface area (Å²) >= 11 is 0. The molecule has 5 nitrogen and oxygen atoms in total. The molecule has 0 aliphatic rings. The van der Waals surface area contributed by atoms with Gasteiger partial charge >= 0.3 is 11.9 Å². The third-order valence-corrected chi connectivity index (χ3v) is 1.09. The molecule has 0 rings (SSSR count). The van der Waals surface area contributed by atoms with Gasteiger partial charge in [-0.15, -0.1) is 0 Å².